The molecule has 0 aromatic heterocycles. The molecule has 3 amide bonds. The number of esters is 1. The predicted molar refractivity (Wildman–Crippen MR) is 99.2 cm³/mol. The molecule has 0 aliphatic carbocycles. The van der Waals surface area contributed by atoms with Crippen molar-refractivity contribution in [2.24, 2.45) is 0 Å². The van der Waals surface area contributed by atoms with Crippen LogP contribution in [0.2, 0.25) is 0 Å². The van der Waals surface area contributed by atoms with Gasteiger partial charge in [-0.3, -0.25) is 24.1 Å². The highest BCUT2D eigenvalue weighted by molar-refractivity contribution is 6.21. The quantitative estimate of drug-likeness (QED) is 0.463. The molecule has 0 saturated heterocycles. The zero-order valence-electron chi connectivity index (χ0n) is 15.9. The standard InChI is InChI=1S/C20H26N2O5/c1-3-12-21(14-11-18(24)27-4-2)17(23)10-7-13-22-19(25)15-8-5-6-9-16(15)20(22)26/h5-6,8-9H,3-4,7,10-14H2,1-2H3. The van der Waals surface area contributed by atoms with Crippen molar-refractivity contribution in [1.82, 2.24) is 9.80 Å². The third-order valence-electron chi connectivity index (χ3n) is 4.39. The van der Waals surface area contributed by atoms with E-state index in [0.29, 0.717) is 37.2 Å². The molecule has 7 nitrogen and oxygen atoms in total. The van der Waals surface area contributed by atoms with Crippen LogP contribution in [0.1, 0.15) is 60.2 Å². The Balaban J connectivity index is 1.84. The number of imide groups is 1. The van der Waals surface area contributed by atoms with Gasteiger partial charge in [0.1, 0.15) is 0 Å². The fourth-order valence-corrected chi connectivity index (χ4v) is 3.08. The highest BCUT2D eigenvalue weighted by atomic mass is 16.5. The Morgan fingerprint density at radius 3 is 2.19 bits per heavy atom. The topological polar surface area (TPSA) is 84.0 Å². The van der Waals surface area contributed by atoms with Gasteiger partial charge >= 0.3 is 5.97 Å². The van der Waals surface area contributed by atoms with E-state index in [1.165, 1.54) is 4.90 Å². The van der Waals surface area contributed by atoms with E-state index in [0.717, 1.165) is 6.42 Å². The van der Waals surface area contributed by atoms with Gasteiger partial charge in [-0.15, -0.1) is 0 Å². The number of carbonyl (C=O) groups is 4. The molecule has 0 spiro atoms. The first-order valence-corrected chi connectivity index (χ1v) is 9.38. The van der Waals surface area contributed by atoms with Crippen LogP contribution in [-0.4, -0.2) is 59.7 Å². The van der Waals surface area contributed by atoms with E-state index < -0.39 is 0 Å². The molecule has 0 saturated carbocycles. The van der Waals surface area contributed by atoms with Crippen LogP contribution >= 0.6 is 0 Å². The summed E-state index contributed by atoms with van der Waals surface area (Å²) in [5.41, 5.74) is 0.826. The molecular formula is C20H26N2O5. The van der Waals surface area contributed by atoms with E-state index in [1.807, 2.05) is 6.92 Å². The van der Waals surface area contributed by atoms with Gasteiger partial charge in [-0.1, -0.05) is 19.1 Å². The van der Waals surface area contributed by atoms with Crippen LogP contribution in [0.4, 0.5) is 0 Å². The summed E-state index contributed by atoms with van der Waals surface area (Å²) in [6.07, 6.45) is 1.56. The number of hydrogen-bond donors (Lipinski definition) is 0. The largest absolute Gasteiger partial charge is 0.466 e. The van der Waals surface area contributed by atoms with E-state index in [1.54, 1.807) is 36.1 Å². The maximum atomic E-state index is 12.4. The first-order chi connectivity index (χ1) is 13.0. The van der Waals surface area contributed by atoms with Gasteiger partial charge in [0, 0.05) is 26.1 Å². The van der Waals surface area contributed by atoms with Crippen molar-refractivity contribution >= 4 is 23.7 Å². The maximum Gasteiger partial charge on any atom is 0.307 e. The van der Waals surface area contributed by atoms with Crippen LogP contribution in [0, 0.1) is 0 Å². The summed E-state index contributed by atoms with van der Waals surface area (Å²) in [4.78, 5) is 51.4. The molecular weight excluding hydrogens is 348 g/mol. The van der Waals surface area contributed by atoms with Crippen molar-refractivity contribution in [3.05, 3.63) is 35.4 Å². The normalized spacial score (nSPS) is 12.9. The number of benzene rings is 1. The van der Waals surface area contributed by atoms with Crippen molar-refractivity contribution in [2.45, 2.75) is 39.5 Å². The molecule has 27 heavy (non-hydrogen) atoms. The van der Waals surface area contributed by atoms with Gasteiger partial charge in [-0.25, -0.2) is 0 Å². The molecule has 1 aliphatic rings. The molecule has 7 heteroatoms. The SMILES string of the molecule is CCCN(CCC(=O)OCC)C(=O)CCCN1C(=O)c2ccccc2C1=O. The van der Waals surface area contributed by atoms with Crippen LogP contribution in [0.25, 0.3) is 0 Å². The third-order valence-corrected chi connectivity index (χ3v) is 4.39. The molecule has 0 N–H and O–H groups in total. The first kappa shape index (κ1) is 20.6. The number of fused-ring (bicyclic) bond motifs is 1. The second-order valence-corrected chi connectivity index (χ2v) is 6.35. The van der Waals surface area contributed by atoms with Crippen molar-refractivity contribution in [3.63, 3.8) is 0 Å². The van der Waals surface area contributed by atoms with Crippen LogP contribution < -0.4 is 0 Å². The van der Waals surface area contributed by atoms with Crippen molar-refractivity contribution in [2.75, 3.05) is 26.2 Å². The summed E-state index contributed by atoms with van der Waals surface area (Å²) in [6.45, 7) is 5.11. The number of hydrogen-bond acceptors (Lipinski definition) is 5. The second kappa shape index (κ2) is 9.85. The van der Waals surface area contributed by atoms with Crippen LogP contribution in [-0.2, 0) is 14.3 Å². The Bertz CT molecular complexity index is 681. The fraction of sp³-hybridized carbons (Fsp3) is 0.500. The van der Waals surface area contributed by atoms with E-state index >= 15 is 0 Å². The Morgan fingerprint density at radius 2 is 1.63 bits per heavy atom. The van der Waals surface area contributed by atoms with Crippen LogP contribution in [0.3, 0.4) is 0 Å². The zero-order chi connectivity index (χ0) is 19.8. The lowest BCUT2D eigenvalue weighted by atomic mass is 10.1. The first-order valence-electron chi connectivity index (χ1n) is 9.38. The molecule has 0 bridgehead atoms. The molecule has 1 heterocycles. The van der Waals surface area contributed by atoms with Gasteiger partial charge in [-0.2, -0.15) is 0 Å². The van der Waals surface area contributed by atoms with Crippen LogP contribution in [0.5, 0.6) is 0 Å². The van der Waals surface area contributed by atoms with E-state index in [4.69, 9.17) is 4.74 Å². The maximum absolute atomic E-state index is 12.4. The highest BCUT2D eigenvalue weighted by Gasteiger charge is 2.34. The lowest BCUT2D eigenvalue weighted by molar-refractivity contribution is -0.144. The minimum absolute atomic E-state index is 0.0854. The molecule has 2 rings (SSSR count). The van der Waals surface area contributed by atoms with Gasteiger partial charge in [0.25, 0.3) is 11.8 Å². The van der Waals surface area contributed by atoms with Gasteiger partial charge in [0.2, 0.25) is 5.91 Å². The molecule has 0 radical (unpaired) electrons. The Kier molecular flexibility index (Phi) is 7.52. The van der Waals surface area contributed by atoms with Gasteiger partial charge in [0.15, 0.2) is 0 Å². The minimum atomic E-state index is -0.322. The third kappa shape index (κ3) is 5.15. The van der Waals surface area contributed by atoms with E-state index in [2.05, 4.69) is 0 Å². The Labute approximate surface area is 159 Å². The number of carbonyl (C=O) groups excluding carboxylic acids is 4. The van der Waals surface area contributed by atoms with Crippen molar-refractivity contribution in [1.29, 1.82) is 0 Å². The summed E-state index contributed by atoms with van der Waals surface area (Å²) >= 11 is 0. The summed E-state index contributed by atoms with van der Waals surface area (Å²) in [5, 5.41) is 0. The average molecular weight is 374 g/mol. The molecule has 0 fully saturated rings. The van der Waals surface area contributed by atoms with Crippen molar-refractivity contribution in [3.8, 4) is 0 Å². The second-order valence-electron chi connectivity index (χ2n) is 6.35. The lowest BCUT2D eigenvalue weighted by Gasteiger charge is -2.22. The molecule has 146 valence electrons. The Morgan fingerprint density at radius 1 is 1.00 bits per heavy atom. The molecule has 1 aromatic carbocycles. The summed E-state index contributed by atoms with van der Waals surface area (Å²) < 4.78 is 4.89. The fourth-order valence-electron chi connectivity index (χ4n) is 3.08. The monoisotopic (exact) mass is 374 g/mol. The highest BCUT2D eigenvalue weighted by Crippen LogP contribution is 2.22. The summed E-state index contributed by atoms with van der Waals surface area (Å²) in [7, 11) is 0. The molecule has 0 unspecified atom stereocenters. The lowest BCUT2D eigenvalue weighted by Crippen LogP contribution is -2.35. The van der Waals surface area contributed by atoms with E-state index in [9.17, 15) is 19.2 Å². The number of nitrogens with zero attached hydrogens (tertiary/aromatic N) is 2. The number of ether oxygens (including phenoxy) is 1. The molecule has 1 aliphatic heterocycles. The van der Waals surface area contributed by atoms with Gasteiger partial charge < -0.3 is 9.64 Å². The van der Waals surface area contributed by atoms with Gasteiger partial charge in [0.05, 0.1) is 24.2 Å². The summed E-state index contributed by atoms with van der Waals surface area (Å²) in [5.74, 6) is -1.03. The summed E-state index contributed by atoms with van der Waals surface area (Å²) in [6, 6.07) is 6.73. The van der Waals surface area contributed by atoms with Crippen LogP contribution in [0.15, 0.2) is 24.3 Å². The van der Waals surface area contributed by atoms with Crippen molar-refractivity contribution < 1.29 is 23.9 Å². The van der Waals surface area contributed by atoms with E-state index in [-0.39, 0.29) is 43.1 Å². The van der Waals surface area contributed by atoms with Gasteiger partial charge in [-0.05, 0) is 31.9 Å². The molecule has 1 aromatic rings. The number of rotatable bonds is 10. The average Bonchev–Trinajstić information content (AvgIpc) is 2.90. The number of amides is 3. The minimum Gasteiger partial charge on any atom is -0.466 e. The smallest absolute Gasteiger partial charge is 0.307 e. The predicted octanol–water partition coefficient (Wildman–Crippen LogP) is 2.25. The Hall–Kier alpha value is -2.70. The molecule has 0 atom stereocenters. The zero-order valence-corrected chi connectivity index (χ0v) is 15.9.